The van der Waals surface area contributed by atoms with Crippen LogP contribution < -0.4 is 0 Å². The van der Waals surface area contributed by atoms with E-state index in [4.69, 9.17) is 11.6 Å². The average Bonchev–Trinajstić information content (AvgIpc) is 2.81. The molecule has 3 aromatic rings. The Morgan fingerprint density at radius 1 is 1.21 bits per heavy atom. The zero-order chi connectivity index (χ0) is 13.2. The molecule has 4 nitrogen and oxygen atoms in total. The molecule has 0 radical (unpaired) electrons. The number of hydrogen-bond acceptors (Lipinski definition) is 3. The summed E-state index contributed by atoms with van der Waals surface area (Å²) in [4.78, 5) is 12.8. The van der Waals surface area contributed by atoms with Crippen molar-refractivity contribution in [3.05, 3.63) is 41.9 Å². The van der Waals surface area contributed by atoms with Crippen molar-refractivity contribution in [2.45, 2.75) is 19.9 Å². The van der Waals surface area contributed by atoms with E-state index in [2.05, 4.69) is 26.4 Å². The van der Waals surface area contributed by atoms with Gasteiger partial charge in [0.2, 0.25) is 0 Å². The number of aryl methyl sites for hydroxylation is 1. The van der Waals surface area contributed by atoms with Crippen LogP contribution in [0.4, 0.5) is 0 Å². The summed E-state index contributed by atoms with van der Waals surface area (Å²) >= 11 is 6.31. The summed E-state index contributed by atoms with van der Waals surface area (Å²) in [5, 5.41) is 0.724. The first kappa shape index (κ1) is 12.1. The molecule has 0 aliphatic rings. The minimum absolute atomic E-state index is 0.724. The average molecular weight is 273 g/mol. The molecule has 0 amide bonds. The number of rotatable bonds is 3. The van der Waals surface area contributed by atoms with Gasteiger partial charge in [-0.3, -0.25) is 0 Å². The summed E-state index contributed by atoms with van der Waals surface area (Å²) in [5.41, 5.74) is 2.79. The first-order chi connectivity index (χ1) is 9.31. The highest BCUT2D eigenvalue weighted by Crippen LogP contribution is 2.29. The van der Waals surface area contributed by atoms with Gasteiger partial charge in [-0.1, -0.05) is 24.6 Å². The molecule has 0 aliphatic carbocycles. The summed E-state index contributed by atoms with van der Waals surface area (Å²) in [5.74, 6) is 0.866. The molecule has 0 atom stereocenters. The maximum Gasteiger partial charge on any atom is 0.144 e. The van der Waals surface area contributed by atoms with E-state index in [0.717, 1.165) is 40.4 Å². The number of nitrogens with zero attached hydrogens (tertiary/aromatic N) is 4. The van der Waals surface area contributed by atoms with Gasteiger partial charge in [0.1, 0.15) is 12.2 Å². The largest absolute Gasteiger partial charge is 0.323 e. The lowest BCUT2D eigenvalue weighted by Gasteiger charge is -2.07. The normalized spacial score (nSPS) is 11.1. The van der Waals surface area contributed by atoms with E-state index >= 15 is 0 Å². The monoisotopic (exact) mass is 272 g/mol. The zero-order valence-corrected chi connectivity index (χ0v) is 11.3. The minimum atomic E-state index is 0.724. The summed E-state index contributed by atoms with van der Waals surface area (Å²) < 4.78 is 2.14. The Labute approximate surface area is 116 Å². The van der Waals surface area contributed by atoms with Crippen molar-refractivity contribution in [3.8, 4) is 11.4 Å². The topological polar surface area (TPSA) is 43.6 Å². The Balaban J connectivity index is 2.30. The number of imidazole rings is 1. The highest BCUT2D eigenvalue weighted by atomic mass is 35.5. The Hall–Kier alpha value is -1.94. The molecule has 0 N–H and O–H groups in total. The second kappa shape index (κ2) is 4.97. The molecule has 5 heteroatoms. The lowest BCUT2D eigenvalue weighted by atomic mass is 10.3. The van der Waals surface area contributed by atoms with Crippen molar-refractivity contribution in [2.75, 3.05) is 0 Å². The Morgan fingerprint density at radius 3 is 2.74 bits per heavy atom. The SMILES string of the molecule is CCCn1c(-c2cncnc2)nc2cccc(Cl)c21. The fourth-order valence-electron chi connectivity index (χ4n) is 2.22. The standard InChI is InChI=1S/C14H13ClN4/c1-2-6-19-13-11(15)4-3-5-12(13)18-14(19)10-7-16-9-17-8-10/h3-5,7-9H,2,6H2,1H3. The maximum absolute atomic E-state index is 6.31. The first-order valence-corrected chi connectivity index (χ1v) is 6.59. The summed E-state index contributed by atoms with van der Waals surface area (Å²) in [6, 6.07) is 5.78. The van der Waals surface area contributed by atoms with Gasteiger partial charge in [-0.2, -0.15) is 0 Å². The van der Waals surface area contributed by atoms with E-state index in [-0.39, 0.29) is 0 Å². The van der Waals surface area contributed by atoms with Gasteiger partial charge in [0.25, 0.3) is 0 Å². The molecule has 2 aromatic heterocycles. The third-order valence-corrected chi connectivity index (χ3v) is 3.29. The highest BCUT2D eigenvalue weighted by molar-refractivity contribution is 6.35. The van der Waals surface area contributed by atoms with Gasteiger partial charge < -0.3 is 4.57 Å². The van der Waals surface area contributed by atoms with Gasteiger partial charge in [-0.05, 0) is 18.6 Å². The number of para-hydroxylation sites is 1. The van der Waals surface area contributed by atoms with E-state index in [1.165, 1.54) is 6.33 Å². The number of fused-ring (bicyclic) bond motifs is 1. The van der Waals surface area contributed by atoms with Gasteiger partial charge in [0.15, 0.2) is 0 Å². The molecule has 19 heavy (non-hydrogen) atoms. The molecule has 2 heterocycles. The Morgan fingerprint density at radius 2 is 2.00 bits per heavy atom. The van der Waals surface area contributed by atoms with Crippen LogP contribution in [0.15, 0.2) is 36.9 Å². The second-order valence-electron chi connectivity index (χ2n) is 4.32. The highest BCUT2D eigenvalue weighted by Gasteiger charge is 2.14. The predicted molar refractivity (Wildman–Crippen MR) is 76.1 cm³/mol. The molecule has 0 saturated carbocycles. The predicted octanol–water partition coefficient (Wildman–Crippen LogP) is 3.56. The van der Waals surface area contributed by atoms with Crippen LogP contribution in [0.5, 0.6) is 0 Å². The van der Waals surface area contributed by atoms with Crippen LogP contribution in [0.1, 0.15) is 13.3 Å². The minimum Gasteiger partial charge on any atom is -0.323 e. The van der Waals surface area contributed by atoms with Crippen LogP contribution in [-0.4, -0.2) is 19.5 Å². The Bertz CT molecular complexity index is 706. The van der Waals surface area contributed by atoms with Crippen molar-refractivity contribution < 1.29 is 0 Å². The van der Waals surface area contributed by atoms with Gasteiger partial charge in [-0.15, -0.1) is 0 Å². The third-order valence-electron chi connectivity index (χ3n) is 2.98. The molecule has 96 valence electrons. The molecular formula is C14H13ClN4. The molecule has 3 rings (SSSR count). The summed E-state index contributed by atoms with van der Waals surface area (Å²) in [6.45, 7) is 3.00. The van der Waals surface area contributed by atoms with Crippen molar-refractivity contribution in [1.82, 2.24) is 19.5 Å². The molecule has 0 aliphatic heterocycles. The van der Waals surface area contributed by atoms with Gasteiger partial charge in [-0.25, -0.2) is 15.0 Å². The lowest BCUT2D eigenvalue weighted by Crippen LogP contribution is -2.00. The maximum atomic E-state index is 6.31. The van der Waals surface area contributed by atoms with Crippen LogP contribution in [0.3, 0.4) is 0 Å². The molecule has 0 bridgehead atoms. The van der Waals surface area contributed by atoms with Crippen molar-refractivity contribution >= 4 is 22.6 Å². The quantitative estimate of drug-likeness (QED) is 0.732. The van der Waals surface area contributed by atoms with Gasteiger partial charge in [0.05, 0.1) is 21.6 Å². The molecule has 0 fully saturated rings. The van der Waals surface area contributed by atoms with Gasteiger partial charge >= 0.3 is 0 Å². The zero-order valence-electron chi connectivity index (χ0n) is 10.5. The van der Waals surface area contributed by atoms with Crippen LogP contribution in [-0.2, 0) is 6.54 Å². The third kappa shape index (κ3) is 2.08. The van der Waals surface area contributed by atoms with Crippen molar-refractivity contribution in [2.24, 2.45) is 0 Å². The van der Waals surface area contributed by atoms with Crippen LogP contribution in [0, 0.1) is 0 Å². The number of hydrogen-bond donors (Lipinski definition) is 0. The van der Waals surface area contributed by atoms with E-state index in [0.29, 0.717) is 0 Å². The van der Waals surface area contributed by atoms with E-state index < -0.39 is 0 Å². The number of benzene rings is 1. The fraction of sp³-hybridized carbons (Fsp3) is 0.214. The van der Waals surface area contributed by atoms with E-state index in [1.807, 2.05) is 18.2 Å². The second-order valence-corrected chi connectivity index (χ2v) is 4.73. The fourth-order valence-corrected chi connectivity index (χ4v) is 2.49. The summed E-state index contributed by atoms with van der Waals surface area (Å²) in [7, 11) is 0. The van der Waals surface area contributed by atoms with Gasteiger partial charge in [0, 0.05) is 18.9 Å². The molecule has 1 aromatic carbocycles. The molecule has 0 spiro atoms. The first-order valence-electron chi connectivity index (χ1n) is 6.21. The van der Waals surface area contributed by atoms with Crippen LogP contribution >= 0.6 is 11.6 Å². The van der Waals surface area contributed by atoms with Crippen molar-refractivity contribution in [1.29, 1.82) is 0 Å². The van der Waals surface area contributed by atoms with E-state index in [1.54, 1.807) is 12.4 Å². The summed E-state index contributed by atoms with van der Waals surface area (Å²) in [6.07, 6.45) is 6.07. The lowest BCUT2D eigenvalue weighted by molar-refractivity contribution is 0.703. The molecule has 0 unspecified atom stereocenters. The van der Waals surface area contributed by atoms with Crippen molar-refractivity contribution in [3.63, 3.8) is 0 Å². The smallest absolute Gasteiger partial charge is 0.144 e. The Kier molecular flexibility index (Phi) is 3.17. The number of halogens is 1. The number of aromatic nitrogens is 4. The van der Waals surface area contributed by atoms with Crippen LogP contribution in [0.2, 0.25) is 5.02 Å². The molecular weight excluding hydrogens is 260 g/mol. The molecule has 0 saturated heterocycles. The van der Waals surface area contributed by atoms with E-state index in [9.17, 15) is 0 Å². The van der Waals surface area contributed by atoms with Crippen LogP contribution in [0.25, 0.3) is 22.4 Å².